The summed E-state index contributed by atoms with van der Waals surface area (Å²) in [6.45, 7) is 5.71. The summed E-state index contributed by atoms with van der Waals surface area (Å²) in [5.74, 6) is 0.374. The number of rotatable bonds is 1. The van der Waals surface area contributed by atoms with Crippen molar-refractivity contribution >= 4 is 11.6 Å². The number of carbonyl (C=O) groups is 2. The van der Waals surface area contributed by atoms with E-state index in [-0.39, 0.29) is 17.5 Å². The van der Waals surface area contributed by atoms with E-state index in [9.17, 15) is 14.7 Å². The van der Waals surface area contributed by atoms with Gasteiger partial charge in [0.15, 0.2) is 11.6 Å². The van der Waals surface area contributed by atoms with E-state index < -0.39 is 5.60 Å². The van der Waals surface area contributed by atoms with E-state index in [1.54, 1.807) is 6.92 Å². The number of hydrogen-bond donors (Lipinski definition) is 1. The zero-order valence-electron chi connectivity index (χ0n) is 10.7. The maximum atomic E-state index is 12.3. The minimum Gasteiger partial charge on any atom is -0.382 e. The van der Waals surface area contributed by atoms with Gasteiger partial charge < -0.3 is 5.11 Å². The molecule has 0 spiro atoms. The molecule has 0 aliphatic heterocycles. The van der Waals surface area contributed by atoms with Crippen LogP contribution in [0, 0.1) is 11.8 Å². The van der Waals surface area contributed by atoms with Gasteiger partial charge >= 0.3 is 0 Å². The second-order valence-electron chi connectivity index (χ2n) is 5.81. The highest BCUT2D eigenvalue weighted by Crippen LogP contribution is 2.41. The van der Waals surface area contributed by atoms with Gasteiger partial charge in [0.1, 0.15) is 5.60 Å². The van der Waals surface area contributed by atoms with Crippen LogP contribution in [0.5, 0.6) is 0 Å². The lowest BCUT2D eigenvalue weighted by molar-refractivity contribution is -0.135. The Morgan fingerprint density at radius 2 is 1.94 bits per heavy atom. The van der Waals surface area contributed by atoms with Gasteiger partial charge in [0, 0.05) is 17.6 Å². The maximum Gasteiger partial charge on any atom is 0.190 e. The molecule has 17 heavy (non-hydrogen) atoms. The molecular weight excluding hydrogens is 216 g/mol. The molecule has 0 bridgehead atoms. The van der Waals surface area contributed by atoms with Crippen LogP contribution in [-0.4, -0.2) is 22.3 Å². The first-order valence-corrected chi connectivity index (χ1v) is 6.38. The largest absolute Gasteiger partial charge is 0.382 e. The molecule has 94 valence electrons. The lowest BCUT2D eigenvalue weighted by Gasteiger charge is -2.37. The zero-order valence-corrected chi connectivity index (χ0v) is 10.7. The molecule has 0 saturated heterocycles. The van der Waals surface area contributed by atoms with Crippen molar-refractivity contribution in [3.05, 3.63) is 11.1 Å². The summed E-state index contributed by atoms with van der Waals surface area (Å²) in [6.07, 6.45) is 2.23. The number of ketones is 2. The SMILES string of the molecule is CC(C)[C@H]1CCC(=O)C2=C1C(=O)[C@@](C)(O)CC2. The fraction of sp³-hybridized carbons (Fsp3) is 0.714. The summed E-state index contributed by atoms with van der Waals surface area (Å²) in [7, 11) is 0. The molecule has 2 aliphatic carbocycles. The minimum absolute atomic E-state index is 0.112. The summed E-state index contributed by atoms with van der Waals surface area (Å²) >= 11 is 0. The molecule has 0 unspecified atom stereocenters. The first-order chi connectivity index (χ1) is 7.84. The van der Waals surface area contributed by atoms with E-state index in [2.05, 4.69) is 13.8 Å². The van der Waals surface area contributed by atoms with Crippen molar-refractivity contribution in [1.82, 2.24) is 0 Å². The van der Waals surface area contributed by atoms with E-state index in [1.165, 1.54) is 0 Å². The summed E-state index contributed by atoms with van der Waals surface area (Å²) in [5.41, 5.74) is 0.0582. The standard InChI is InChI=1S/C14H20O3/c1-8(2)9-4-5-11(15)10-6-7-14(3,17)13(16)12(9)10/h8-9,17H,4-7H2,1-3H3/t9-,14+/m1/s1. The second kappa shape index (κ2) is 4.05. The molecule has 3 heteroatoms. The van der Waals surface area contributed by atoms with Crippen LogP contribution >= 0.6 is 0 Å². The fourth-order valence-corrected chi connectivity index (χ4v) is 2.97. The van der Waals surface area contributed by atoms with Crippen molar-refractivity contribution in [3.8, 4) is 0 Å². The second-order valence-corrected chi connectivity index (χ2v) is 5.81. The Morgan fingerprint density at radius 3 is 2.53 bits per heavy atom. The first kappa shape index (κ1) is 12.5. The van der Waals surface area contributed by atoms with Crippen LogP contribution in [0.15, 0.2) is 11.1 Å². The Morgan fingerprint density at radius 1 is 1.29 bits per heavy atom. The third kappa shape index (κ3) is 1.97. The fourth-order valence-electron chi connectivity index (χ4n) is 2.97. The van der Waals surface area contributed by atoms with Crippen LogP contribution in [0.3, 0.4) is 0 Å². The Bertz CT molecular complexity index is 402. The first-order valence-electron chi connectivity index (χ1n) is 6.38. The van der Waals surface area contributed by atoms with Crippen molar-refractivity contribution in [2.45, 2.75) is 52.1 Å². The van der Waals surface area contributed by atoms with E-state index >= 15 is 0 Å². The predicted molar refractivity (Wildman–Crippen MR) is 64.5 cm³/mol. The van der Waals surface area contributed by atoms with Gasteiger partial charge in [-0.3, -0.25) is 9.59 Å². The molecule has 2 aliphatic rings. The van der Waals surface area contributed by atoms with E-state index in [0.717, 1.165) is 6.42 Å². The van der Waals surface area contributed by atoms with Gasteiger partial charge in [-0.25, -0.2) is 0 Å². The van der Waals surface area contributed by atoms with Crippen LogP contribution in [0.4, 0.5) is 0 Å². The van der Waals surface area contributed by atoms with Crippen LogP contribution in [-0.2, 0) is 9.59 Å². The van der Waals surface area contributed by atoms with Crippen molar-refractivity contribution < 1.29 is 14.7 Å². The van der Waals surface area contributed by atoms with E-state index in [4.69, 9.17) is 0 Å². The lowest BCUT2D eigenvalue weighted by Crippen LogP contribution is -2.44. The highest BCUT2D eigenvalue weighted by molar-refractivity contribution is 6.12. The molecule has 1 N–H and O–H groups in total. The normalized spacial score (nSPS) is 34.3. The minimum atomic E-state index is -1.27. The molecule has 0 aromatic carbocycles. The molecule has 2 atom stereocenters. The number of Topliss-reactive ketones (excluding diaryl/α,β-unsaturated/α-hetero) is 2. The highest BCUT2D eigenvalue weighted by atomic mass is 16.3. The average Bonchev–Trinajstić information content (AvgIpc) is 2.24. The molecule has 0 saturated carbocycles. The third-order valence-corrected chi connectivity index (χ3v) is 4.12. The van der Waals surface area contributed by atoms with E-state index in [1.807, 2.05) is 0 Å². The van der Waals surface area contributed by atoms with Crippen LogP contribution in [0.25, 0.3) is 0 Å². The molecular formula is C14H20O3. The van der Waals surface area contributed by atoms with Crippen LogP contribution in [0.1, 0.15) is 46.5 Å². The molecule has 0 fully saturated rings. The molecule has 2 rings (SSSR count). The van der Waals surface area contributed by atoms with Crippen LogP contribution in [0.2, 0.25) is 0 Å². The van der Waals surface area contributed by atoms with Crippen molar-refractivity contribution in [2.75, 3.05) is 0 Å². The summed E-state index contributed by atoms with van der Waals surface area (Å²) in [5, 5.41) is 10.1. The molecule has 0 aromatic rings. The summed E-state index contributed by atoms with van der Waals surface area (Å²) < 4.78 is 0. The Balaban J connectivity index is 2.49. The molecule has 0 amide bonds. The Hall–Kier alpha value is -0.960. The van der Waals surface area contributed by atoms with Crippen molar-refractivity contribution in [2.24, 2.45) is 11.8 Å². The zero-order chi connectivity index (χ0) is 12.8. The number of allylic oxidation sites excluding steroid dienone is 1. The molecule has 0 aromatic heterocycles. The third-order valence-electron chi connectivity index (χ3n) is 4.12. The summed E-state index contributed by atoms with van der Waals surface area (Å²) in [6, 6.07) is 0. The summed E-state index contributed by atoms with van der Waals surface area (Å²) in [4.78, 5) is 24.1. The maximum absolute atomic E-state index is 12.3. The van der Waals surface area contributed by atoms with Gasteiger partial charge in [-0.1, -0.05) is 13.8 Å². The Kier molecular flexibility index (Phi) is 2.98. The number of carbonyl (C=O) groups excluding carboxylic acids is 2. The van der Waals surface area contributed by atoms with E-state index in [0.29, 0.717) is 36.3 Å². The topological polar surface area (TPSA) is 54.4 Å². The quantitative estimate of drug-likeness (QED) is 0.758. The van der Waals surface area contributed by atoms with Gasteiger partial charge in [0.25, 0.3) is 0 Å². The van der Waals surface area contributed by atoms with Crippen LogP contribution < -0.4 is 0 Å². The van der Waals surface area contributed by atoms with Gasteiger partial charge in [0.2, 0.25) is 0 Å². The van der Waals surface area contributed by atoms with Gasteiger partial charge in [-0.2, -0.15) is 0 Å². The molecule has 3 nitrogen and oxygen atoms in total. The number of hydrogen-bond acceptors (Lipinski definition) is 3. The smallest absolute Gasteiger partial charge is 0.190 e. The number of aliphatic hydroxyl groups is 1. The Labute approximate surface area is 102 Å². The highest BCUT2D eigenvalue weighted by Gasteiger charge is 2.44. The van der Waals surface area contributed by atoms with Gasteiger partial charge in [-0.15, -0.1) is 0 Å². The monoisotopic (exact) mass is 236 g/mol. The van der Waals surface area contributed by atoms with Gasteiger partial charge in [0.05, 0.1) is 0 Å². The van der Waals surface area contributed by atoms with Gasteiger partial charge in [-0.05, 0) is 38.0 Å². The lowest BCUT2D eigenvalue weighted by atomic mass is 9.67. The predicted octanol–water partition coefficient (Wildman–Crippen LogP) is 2.03. The average molecular weight is 236 g/mol. The van der Waals surface area contributed by atoms with Crippen molar-refractivity contribution in [1.29, 1.82) is 0 Å². The molecule has 0 heterocycles. The molecule has 0 radical (unpaired) electrons. The van der Waals surface area contributed by atoms with Crippen molar-refractivity contribution in [3.63, 3.8) is 0 Å².